The molecule has 1 saturated heterocycles. The Balaban J connectivity index is 1.73. The molecule has 1 fully saturated rings. The number of carbonyl (C=O) groups excluding carboxylic acids is 1. The third kappa shape index (κ3) is 3.60. The van der Waals surface area contributed by atoms with E-state index in [2.05, 4.69) is 34.5 Å². The molecule has 1 aliphatic heterocycles. The number of carbonyl (C=O) groups is 1. The van der Waals surface area contributed by atoms with Crippen LogP contribution in [-0.4, -0.2) is 53.4 Å². The van der Waals surface area contributed by atoms with Crippen LogP contribution in [-0.2, 0) is 11.8 Å². The molecular weight excluding hydrogens is 316 g/mol. The van der Waals surface area contributed by atoms with Gasteiger partial charge in [-0.05, 0) is 26.5 Å². The van der Waals surface area contributed by atoms with Crippen molar-refractivity contribution in [1.82, 2.24) is 20.0 Å². The lowest BCUT2D eigenvalue weighted by atomic mass is 9.98. The zero-order valence-corrected chi connectivity index (χ0v) is 15.3. The standard InChI is InChI=1S/C19H26N4O2/c1-13-17(14(2)23(4)21-13)19(24)20-12-16-18(22(3)10-11-25-16)15-8-6-5-7-9-15/h5-9,16,18H,10-12H2,1-4H3,(H,20,24)/t16-,18-/m0/s1. The maximum absolute atomic E-state index is 12.6. The van der Waals surface area contributed by atoms with Crippen molar-refractivity contribution in [3.05, 3.63) is 52.8 Å². The smallest absolute Gasteiger partial charge is 0.255 e. The van der Waals surface area contributed by atoms with Crippen molar-refractivity contribution >= 4 is 5.91 Å². The van der Waals surface area contributed by atoms with Gasteiger partial charge in [0, 0.05) is 25.8 Å². The van der Waals surface area contributed by atoms with Gasteiger partial charge in [-0.3, -0.25) is 14.4 Å². The molecular formula is C19H26N4O2. The first-order valence-corrected chi connectivity index (χ1v) is 8.64. The molecule has 134 valence electrons. The lowest BCUT2D eigenvalue weighted by Gasteiger charge is -2.39. The number of ether oxygens (including phenoxy) is 1. The van der Waals surface area contributed by atoms with Gasteiger partial charge < -0.3 is 10.1 Å². The molecule has 0 saturated carbocycles. The molecule has 2 atom stereocenters. The molecule has 0 spiro atoms. The summed E-state index contributed by atoms with van der Waals surface area (Å²) >= 11 is 0. The van der Waals surface area contributed by atoms with Gasteiger partial charge in [0.1, 0.15) is 0 Å². The van der Waals surface area contributed by atoms with Crippen molar-refractivity contribution < 1.29 is 9.53 Å². The fourth-order valence-corrected chi connectivity index (χ4v) is 3.54. The lowest BCUT2D eigenvalue weighted by Crippen LogP contribution is -2.48. The van der Waals surface area contributed by atoms with Crippen molar-refractivity contribution in [2.45, 2.75) is 26.0 Å². The lowest BCUT2D eigenvalue weighted by molar-refractivity contribution is -0.0605. The van der Waals surface area contributed by atoms with E-state index in [9.17, 15) is 4.79 Å². The molecule has 6 nitrogen and oxygen atoms in total. The van der Waals surface area contributed by atoms with E-state index in [1.54, 1.807) is 4.68 Å². The summed E-state index contributed by atoms with van der Waals surface area (Å²) < 4.78 is 7.73. The van der Waals surface area contributed by atoms with Crippen LogP contribution in [0.15, 0.2) is 30.3 Å². The van der Waals surface area contributed by atoms with E-state index in [1.165, 1.54) is 5.56 Å². The average molecular weight is 342 g/mol. The number of likely N-dealkylation sites (N-methyl/N-ethyl adjacent to an activating group) is 1. The molecule has 1 N–H and O–H groups in total. The Hall–Kier alpha value is -2.18. The number of nitrogens with one attached hydrogen (secondary N) is 1. The number of benzene rings is 1. The molecule has 0 bridgehead atoms. The number of rotatable bonds is 4. The quantitative estimate of drug-likeness (QED) is 0.921. The first kappa shape index (κ1) is 17.6. The minimum absolute atomic E-state index is 0.0811. The van der Waals surface area contributed by atoms with Gasteiger partial charge in [0.05, 0.1) is 30.0 Å². The molecule has 2 aromatic rings. The Morgan fingerprint density at radius 1 is 1.28 bits per heavy atom. The molecule has 1 aromatic carbocycles. The molecule has 0 radical (unpaired) electrons. The minimum Gasteiger partial charge on any atom is -0.373 e. The highest BCUT2D eigenvalue weighted by Crippen LogP contribution is 2.28. The second kappa shape index (κ2) is 7.37. The van der Waals surface area contributed by atoms with Crippen LogP contribution >= 0.6 is 0 Å². The van der Waals surface area contributed by atoms with Crippen LogP contribution in [0.5, 0.6) is 0 Å². The number of morpholine rings is 1. The SMILES string of the molecule is Cc1nn(C)c(C)c1C(=O)NC[C@@H]1OCCN(C)[C@H]1c1ccccc1. The molecule has 0 unspecified atom stereocenters. The highest BCUT2D eigenvalue weighted by molar-refractivity contribution is 5.96. The summed E-state index contributed by atoms with van der Waals surface area (Å²) in [4.78, 5) is 14.9. The maximum atomic E-state index is 12.6. The van der Waals surface area contributed by atoms with Gasteiger partial charge in [-0.25, -0.2) is 0 Å². The van der Waals surface area contributed by atoms with Crippen molar-refractivity contribution in [3.8, 4) is 0 Å². The topological polar surface area (TPSA) is 59.4 Å². The third-order valence-electron chi connectivity index (χ3n) is 4.94. The minimum atomic E-state index is -0.0910. The van der Waals surface area contributed by atoms with E-state index < -0.39 is 0 Å². The van der Waals surface area contributed by atoms with Crippen LogP contribution in [0.3, 0.4) is 0 Å². The van der Waals surface area contributed by atoms with Crippen LogP contribution in [0.4, 0.5) is 0 Å². The van der Waals surface area contributed by atoms with Gasteiger partial charge in [-0.15, -0.1) is 0 Å². The van der Waals surface area contributed by atoms with E-state index in [0.717, 1.165) is 17.9 Å². The van der Waals surface area contributed by atoms with Crippen molar-refractivity contribution in [2.75, 3.05) is 26.7 Å². The molecule has 6 heteroatoms. The second-order valence-electron chi connectivity index (χ2n) is 6.62. The van der Waals surface area contributed by atoms with Crippen molar-refractivity contribution in [2.24, 2.45) is 7.05 Å². The zero-order chi connectivity index (χ0) is 18.0. The maximum Gasteiger partial charge on any atom is 0.255 e. The first-order valence-electron chi connectivity index (χ1n) is 8.64. The summed E-state index contributed by atoms with van der Waals surface area (Å²) in [7, 11) is 3.95. The number of aryl methyl sites for hydroxylation is 2. The predicted molar refractivity (Wildman–Crippen MR) is 96.6 cm³/mol. The molecule has 3 rings (SSSR count). The Labute approximate surface area is 148 Å². The van der Waals surface area contributed by atoms with Gasteiger partial charge in [0.15, 0.2) is 0 Å². The predicted octanol–water partition coefficient (Wildman–Crippen LogP) is 1.84. The Morgan fingerprint density at radius 2 is 2.00 bits per heavy atom. The Bertz CT molecular complexity index is 741. The normalized spacial score (nSPS) is 21.3. The average Bonchev–Trinajstić information content (AvgIpc) is 2.86. The Morgan fingerprint density at radius 3 is 2.64 bits per heavy atom. The Kier molecular flexibility index (Phi) is 5.20. The highest BCUT2D eigenvalue weighted by Gasteiger charge is 2.32. The van der Waals surface area contributed by atoms with Crippen molar-refractivity contribution in [1.29, 1.82) is 0 Å². The van der Waals surface area contributed by atoms with E-state index in [0.29, 0.717) is 18.7 Å². The van der Waals surface area contributed by atoms with Crippen LogP contribution in [0, 0.1) is 13.8 Å². The largest absolute Gasteiger partial charge is 0.373 e. The summed E-state index contributed by atoms with van der Waals surface area (Å²) in [5, 5.41) is 7.36. The first-order chi connectivity index (χ1) is 12.0. The highest BCUT2D eigenvalue weighted by atomic mass is 16.5. The third-order valence-corrected chi connectivity index (χ3v) is 4.94. The van der Waals surface area contributed by atoms with Crippen LogP contribution in [0.25, 0.3) is 0 Å². The summed E-state index contributed by atoms with van der Waals surface area (Å²) in [5.74, 6) is -0.0910. The fourth-order valence-electron chi connectivity index (χ4n) is 3.54. The molecule has 1 aliphatic rings. The summed E-state index contributed by atoms with van der Waals surface area (Å²) in [6.07, 6.45) is -0.0811. The van der Waals surface area contributed by atoms with Gasteiger partial charge in [-0.1, -0.05) is 30.3 Å². The van der Waals surface area contributed by atoms with E-state index in [4.69, 9.17) is 4.74 Å². The number of nitrogens with zero attached hydrogens (tertiary/aromatic N) is 3. The van der Waals surface area contributed by atoms with Gasteiger partial charge in [-0.2, -0.15) is 5.10 Å². The fraction of sp³-hybridized carbons (Fsp3) is 0.474. The van der Waals surface area contributed by atoms with E-state index >= 15 is 0 Å². The van der Waals surface area contributed by atoms with E-state index in [-0.39, 0.29) is 18.1 Å². The van der Waals surface area contributed by atoms with Crippen LogP contribution in [0.1, 0.15) is 33.4 Å². The molecule has 1 aromatic heterocycles. The summed E-state index contributed by atoms with van der Waals surface area (Å²) in [5.41, 5.74) is 3.48. The summed E-state index contributed by atoms with van der Waals surface area (Å²) in [6.45, 7) is 5.79. The van der Waals surface area contributed by atoms with Gasteiger partial charge in [0.2, 0.25) is 0 Å². The molecule has 0 aliphatic carbocycles. The molecule has 25 heavy (non-hydrogen) atoms. The molecule has 2 heterocycles. The number of hydrogen-bond donors (Lipinski definition) is 1. The number of amides is 1. The number of aromatic nitrogens is 2. The van der Waals surface area contributed by atoms with Crippen molar-refractivity contribution in [3.63, 3.8) is 0 Å². The molecule has 1 amide bonds. The number of hydrogen-bond acceptors (Lipinski definition) is 4. The monoisotopic (exact) mass is 342 g/mol. The zero-order valence-electron chi connectivity index (χ0n) is 15.3. The van der Waals surface area contributed by atoms with Gasteiger partial charge >= 0.3 is 0 Å². The van der Waals surface area contributed by atoms with Crippen LogP contribution < -0.4 is 5.32 Å². The van der Waals surface area contributed by atoms with Gasteiger partial charge in [0.25, 0.3) is 5.91 Å². The van der Waals surface area contributed by atoms with E-state index in [1.807, 2.05) is 39.1 Å². The van der Waals surface area contributed by atoms with Crippen LogP contribution in [0.2, 0.25) is 0 Å². The second-order valence-corrected chi connectivity index (χ2v) is 6.62. The summed E-state index contributed by atoms with van der Waals surface area (Å²) in [6, 6.07) is 10.4.